The van der Waals surface area contributed by atoms with Crippen molar-refractivity contribution in [3.63, 3.8) is 0 Å². The number of carbonyl (C=O) groups is 2. The van der Waals surface area contributed by atoms with E-state index in [-0.39, 0.29) is 0 Å². The third-order valence-corrected chi connectivity index (χ3v) is 3.53. The Hall–Kier alpha value is -2.66. The van der Waals surface area contributed by atoms with Crippen molar-refractivity contribution in [3.8, 4) is 0 Å². The van der Waals surface area contributed by atoms with Crippen molar-refractivity contribution in [3.05, 3.63) is 65.2 Å². The molecule has 0 saturated heterocycles. The number of rotatable bonds is 5. The fourth-order valence-electron chi connectivity index (χ4n) is 1.94. The lowest BCUT2D eigenvalue weighted by atomic mass is 10.1. The first-order valence-corrected chi connectivity index (χ1v) is 7.86. The van der Waals surface area contributed by atoms with Crippen LogP contribution in [0, 0.1) is 0 Å². The van der Waals surface area contributed by atoms with Gasteiger partial charge in [0.05, 0.1) is 0 Å². The van der Waals surface area contributed by atoms with Crippen LogP contribution in [-0.2, 0) is 16.0 Å². The first-order chi connectivity index (χ1) is 11.5. The zero-order valence-electron chi connectivity index (χ0n) is 13.3. The molecule has 2 aromatic carbocycles. The Kier molecular flexibility index (Phi) is 6.51. The summed E-state index contributed by atoms with van der Waals surface area (Å²) < 4.78 is 0. The number of nitrogens with one attached hydrogen (secondary N) is 2. The number of hydrazone groups is 1. The zero-order chi connectivity index (χ0) is 17.4. The summed E-state index contributed by atoms with van der Waals surface area (Å²) in [6.45, 7) is 1.81. The van der Waals surface area contributed by atoms with Crippen LogP contribution in [0.4, 0.5) is 5.69 Å². The number of hydrogen-bond acceptors (Lipinski definition) is 3. The van der Waals surface area contributed by atoms with Gasteiger partial charge in [0.25, 0.3) is 0 Å². The van der Waals surface area contributed by atoms with E-state index in [1.165, 1.54) is 5.56 Å². The van der Waals surface area contributed by atoms with E-state index in [1.54, 1.807) is 31.2 Å². The lowest BCUT2D eigenvalue weighted by Gasteiger charge is -2.05. The van der Waals surface area contributed by atoms with E-state index in [1.807, 2.05) is 30.3 Å². The monoisotopic (exact) mass is 343 g/mol. The Morgan fingerprint density at radius 1 is 1.00 bits per heavy atom. The molecule has 0 heterocycles. The van der Waals surface area contributed by atoms with E-state index in [4.69, 9.17) is 11.6 Å². The van der Waals surface area contributed by atoms with Crippen LogP contribution < -0.4 is 10.7 Å². The van der Waals surface area contributed by atoms with Gasteiger partial charge < -0.3 is 5.32 Å². The van der Waals surface area contributed by atoms with Crippen LogP contribution in [0.25, 0.3) is 0 Å². The van der Waals surface area contributed by atoms with Gasteiger partial charge >= 0.3 is 11.8 Å². The van der Waals surface area contributed by atoms with Gasteiger partial charge in [-0.3, -0.25) is 9.59 Å². The SMILES string of the molecule is C/C(CCc1ccccc1)=N\NC(=O)C(=O)Nc1ccc(Cl)cc1. The highest BCUT2D eigenvalue weighted by molar-refractivity contribution is 6.39. The van der Waals surface area contributed by atoms with Crippen LogP contribution in [0.15, 0.2) is 59.7 Å². The molecule has 0 aliphatic heterocycles. The summed E-state index contributed by atoms with van der Waals surface area (Å²) in [6, 6.07) is 16.5. The van der Waals surface area contributed by atoms with Gasteiger partial charge in [-0.05, 0) is 49.6 Å². The molecule has 6 heteroatoms. The fraction of sp³-hybridized carbons (Fsp3) is 0.167. The summed E-state index contributed by atoms with van der Waals surface area (Å²) in [5, 5.41) is 6.97. The molecule has 2 N–H and O–H groups in total. The summed E-state index contributed by atoms with van der Waals surface area (Å²) >= 11 is 5.76. The molecule has 2 aromatic rings. The minimum absolute atomic E-state index is 0.490. The summed E-state index contributed by atoms with van der Waals surface area (Å²) in [5.41, 5.74) is 4.69. The summed E-state index contributed by atoms with van der Waals surface area (Å²) in [5.74, 6) is -1.60. The number of halogens is 1. The highest BCUT2D eigenvalue weighted by Gasteiger charge is 2.13. The molecule has 0 radical (unpaired) electrons. The molecule has 0 atom stereocenters. The van der Waals surface area contributed by atoms with Gasteiger partial charge in [-0.2, -0.15) is 5.10 Å². The van der Waals surface area contributed by atoms with Crippen LogP contribution in [0.3, 0.4) is 0 Å². The Balaban J connectivity index is 1.80. The standard InChI is InChI=1S/C18H18ClN3O2/c1-13(7-8-14-5-3-2-4-6-14)21-22-18(24)17(23)20-16-11-9-15(19)10-12-16/h2-6,9-12H,7-8H2,1H3,(H,20,23)(H,22,24)/b21-13+. The summed E-state index contributed by atoms with van der Waals surface area (Å²) in [7, 11) is 0. The van der Waals surface area contributed by atoms with E-state index < -0.39 is 11.8 Å². The Bertz CT molecular complexity index is 728. The number of amides is 2. The third-order valence-electron chi connectivity index (χ3n) is 3.27. The Morgan fingerprint density at radius 2 is 1.67 bits per heavy atom. The van der Waals surface area contributed by atoms with Crippen LogP contribution in [0.2, 0.25) is 5.02 Å². The topological polar surface area (TPSA) is 70.6 Å². The average Bonchev–Trinajstić information content (AvgIpc) is 2.60. The smallest absolute Gasteiger partial charge is 0.318 e. The normalized spacial score (nSPS) is 11.0. The third kappa shape index (κ3) is 5.85. The predicted molar refractivity (Wildman–Crippen MR) is 96.1 cm³/mol. The van der Waals surface area contributed by atoms with Crippen molar-refractivity contribution in [1.29, 1.82) is 0 Å². The molecule has 124 valence electrons. The molecule has 0 fully saturated rings. The summed E-state index contributed by atoms with van der Waals surface area (Å²) in [6.07, 6.45) is 1.52. The van der Waals surface area contributed by atoms with E-state index >= 15 is 0 Å². The van der Waals surface area contributed by atoms with Crippen molar-refractivity contribution >= 4 is 34.8 Å². The largest absolute Gasteiger partial charge is 0.329 e. The highest BCUT2D eigenvalue weighted by Crippen LogP contribution is 2.13. The molecule has 2 amide bonds. The average molecular weight is 344 g/mol. The van der Waals surface area contributed by atoms with E-state index in [9.17, 15) is 9.59 Å². The van der Waals surface area contributed by atoms with E-state index in [0.717, 1.165) is 12.1 Å². The zero-order valence-corrected chi connectivity index (χ0v) is 14.0. The van der Waals surface area contributed by atoms with Gasteiger partial charge in [0.15, 0.2) is 0 Å². The lowest BCUT2D eigenvalue weighted by Crippen LogP contribution is -2.32. The number of nitrogens with zero attached hydrogens (tertiary/aromatic N) is 1. The van der Waals surface area contributed by atoms with Crippen molar-refractivity contribution in [2.75, 3.05) is 5.32 Å². The Labute approximate surface area is 145 Å². The second kappa shape index (κ2) is 8.84. The first-order valence-electron chi connectivity index (χ1n) is 7.48. The molecule has 0 spiro atoms. The van der Waals surface area contributed by atoms with Gasteiger partial charge in [0, 0.05) is 16.4 Å². The van der Waals surface area contributed by atoms with Crippen molar-refractivity contribution in [1.82, 2.24) is 5.43 Å². The molecule has 24 heavy (non-hydrogen) atoms. The minimum atomic E-state index is -0.816. The van der Waals surface area contributed by atoms with E-state index in [0.29, 0.717) is 17.1 Å². The molecule has 0 bridgehead atoms. The second-order valence-corrected chi connectivity index (χ2v) is 5.67. The Morgan fingerprint density at radius 3 is 2.33 bits per heavy atom. The van der Waals surface area contributed by atoms with Gasteiger partial charge in [-0.1, -0.05) is 41.9 Å². The van der Waals surface area contributed by atoms with Gasteiger partial charge in [0.1, 0.15) is 0 Å². The second-order valence-electron chi connectivity index (χ2n) is 5.23. The molecule has 0 unspecified atom stereocenters. The molecule has 0 saturated carbocycles. The molecule has 0 aliphatic rings. The van der Waals surface area contributed by atoms with Crippen LogP contribution in [-0.4, -0.2) is 17.5 Å². The first kappa shape index (κ1) is 17.7. The van der Waals surface area contributed by atoms with Crippen LogP contribution in [0.5, 0.6) is 0 Å². The van der Waals surface area contributed by atoms with Crippen molar-refractivity contribution in [2.24, 2.45) is 5.10 Å². The predicted octanol–water partition coefficient (Wildman–Crippen LogP) is 3.40. The number of aryl methyl sites for hydroxylation is 1. The molecular weight excluding hydrogens is 326 g/mol. The lowest BCUT2D eigenvalue weighted by molar-refractivity contribution is -0.136. The van der Waals surface area contributed by atoms with Gasteiger partial charge in [-0.25, -0.2) is 5.43 Å². The maximum Gasteiger partial charge on any atom is 0.329 e. The molecular formula is C18H18ClN3O2. The van der Waals surface area contributed by atoms with Crippen molar-refractivity contribution < 1.29 is 9.59 Å². The number of carbonyl (C=O) groups excluding carboxylic acids is 2. The number of benzene rings is 2. The van der Waals surface area contributed by atoms with Gasteiger partial charge in [-0.15, -0.1) is 0 Å². The maximum atomic E-state index is 11.8. The van der Waals surface area contributed by atoms with Crippen molar-refractivity contribution in [2.45, 2.75) is 19.8 Å². The fourth-order valence-corrected chi connectivity index (χ4v) is 2.07. The van der Waals surface area contributed by atoms with Gasteiger partial charge in [0.2, 0.25) is 0 Å². The summed E-state index contributed by atoms with van der Waals surface area (Å²) in [4.78, 5) is 23.5. The molecule has 2 rings (SSSR count). The number of anilines is 1. The molecule has 5 nitrogen and oxygen atoms in total. The van der Waals surface area contributed by atoms with Crippen LogP contribution >= 0.6 is 11.6 Å². The molecule has 0 aliphatic carbocycles. The highest BCUT2D eigenvalue weighted by atomic mass is 35.5. The minimum Gasteiger partial charge on any atom is -0.318 e. The maximum absolute atomic E-state index is 11.8. The quantitative estimate of drug-likeness (QED) is 0.496. The number of hydrogen-bond donors (Lipinski definition) is 2. The molecule has 0 aromatic heterocycles. The van der Waals surface area contributed by atoms with Crippen LogP contribution in [0.1, 0.15) is 18.9 Å². The van der Waals surface area contributed by atoms with E-state index in [2.05, 4.69) is 15.8 Å².